The predicted molar refractivity (Wildman–Crippen MR) is 92.6 cm³/mol. The zero-order chi connectivity index (χ0) is 17.4. The van der Waals surface area contributed by atoms with Gasteiger partial charge in [-0.15, -0.1) is 0 Å². The van der Waals surface area contributed by atoms with Crippen molar-refractivity contribution in [2.75, 3.05) is 11.9 Å². The molecule has 1 aromatic rings. The summed E-state index contributed by atoms with van der Waals surface area (Å²) in [5.41, 5.74) is 2.79. The molecule has 4 rings (SSSR count). The van der Waals surface area contributed by atoms with E-state index in [1.165, 1.54) is 36.2 Å². The van der Waals surface area contributed by atoms with E-state index in [4.69, 9.17) is 0 Å². The number of carbonyl (C=O) groups excluding carboxylic acids is 3. The van der Waals surface area contributed by atoms with Crippen molar-refractivity contribution >= 4 is 23.5 Å². The van der Waals surface area contributed by atoms with Crippen molar-refractivity contribution in [1.82, 2.24) is 10.2 Å². The van der Waals surface area contributed by atoms with Crippen LogP contribution in [0.2, 0.25) is 0 Å². The van der Waals surface area contributed by atoms with E-state index >= 15 is 0 Å². The minimum absolute atomic E-state index is 0.0468. The van der Waals surface area contributed by atoms with Gasteiger partial charge in [0, 0.05) is 11.8 Å². The van der Waals surface area contributed by atoms with Crippen LogP contribution in [0.25, 0.3) is 0 Å². The van der Waals surface area contributed by atoms with Crippen molar-refractivity contribution < 1.29 is 14.4 Å². The van der Waals surface area contributed by atoms with Crippen molar-refractivity contribution in [2.24, 2.45) is 11.8 Å². The molecule has 25 heavy (non-hydrogen) atoms. The molecule has 2 saturated carbocycles. The molecular weight excluding hydrogens is 318 g/mol. The largest absolute Gasteiger partial charge is 0.329 e. The average Bonchev–Trinajstić information content (AvgIpc) is 3.49. The molecule has 3 fully saturated rings. The Morgan fingerprint density at radius 1 is 1.20 bits per heavy atom. The standard InChI is InChI=1S/C19H21N3O3/c23-17(9-16(13-4-5-13)14-6-7-14)21-15-3-1-2-12(8-15)11-22-18(24)10-20-19(22)25/h1-3,8-9,13-14H,4-7,10-11H2,(H,20,25)(H,21,23). The van der Waals surface area contributed by atoms with E-state index in [2.05, 4.69) is 10.6 Å². The second kappa shape index (κ2) is 6.35. The molecule has 1 saturated heterocycles. The van der Waals surface area contributed by atoms with E-state index in [9.17, 15) is 14.4 Å². The first-order valence-corrected chi connectivity index (χ1v) is 8.80. The minimum atomic E-state index is -0.374. The number of imide groups is 1. The Bertz CT molecular complexity index is 733. The SMILES string of the molecule is O=C(C=C(C1CC1)C1CC1)Nc1cccc(CN2C(=O)CNC2=O)c1. The fourth-order valence-electron chi connectivity index (χ4n) is 3.28. The van der Waals surface area contributed by atoms with Crippen LogP contribution < -0.4 is 10.6 Å². The maximum atomic E-state index is 12.3. The van der Waals surface area contributed by atoms with Gasteiger partial charge in [-0.05, 0) is 55.2 Å². The molecule has 0 unspecified atom stereocenters. The number of hydrogen-bond donors (Lipinski definition) is 2. The summed E-state index contributed by atoms with van der Waals surface area (Å²) in [5, 5.41) is 5.41. The van der Waals surface area contributed by atoms with Crippen LogP contribution in [0, 0.1) is 11.8 Å². The van der Waals surface area contributed by atoms with Crippen LogP contribution in [0.4, 0.5) is 10.5 Å². The second-order valence-corrected chi connectivity index (χ2v) is 7.02. The zero-order valence-corrected chi connectivity index (χ0v) is 14.0. The summed E-state index contributed by atoms with van der Waals surface area (Å²) in [5.74, 6) is 0.898. The Labute approximate surface area is 146 Å². The molecule has 2 aliphatic carbocycles. The molecule has 1 aromatic carbocycles. The van der Waals surface area contributed by atoms with Gasteiger partial charge in [0.2, 0.25) is 11.8 Å². The fraction of sp³-hybridized carbons (Fsp3) is 0.421. The van der Waals surface area contributed by atoms with Gasteiger partial charge in [-0.2, -0.15) is 0 Å². The number of benzene rings is 1. The molecule has 2 N–H and O–H groups in total. The van der Waals surface area contributed by atoms with E-state index in [0.29, 0.717) is 17.5 Å². The highest BCUT2D eigenvalue weighted by molar-refractivity contribution is 6.02. The molecule has 0 atom stereocenters. The average molecular weight is 339 g/mol. The van der Waals surface area contributed by atoms with E-state index in [1.54, 1.807) is 12.1 Å². The third kappa shape index (κ3) is 3.73. The highest BCUT2D eigenvalue weighted by Crippen LogP contribution is 2.48. The van der Waals surface area contributed by atoms with Crippen molar-refractivity contribution in [3.63, 3.8) is 0 Å². The number of hydrogen-bond acceptors (Lipinski definition) is 3. The number of amides is 4. The van der Waals surface area contributed by atoms with Gasteiger partial charge in [-0.1, -0.05) is 17.7 Å². The van der Waals surface area contributed by atoms with Crippen LogP contribution in [0.1, 0.15) is 31.2 Å². The van der Waals surface area contributed by atoms with Gasteiger partial charge < -0.3 is 10.6 Å². The van der Waals surface area contributed by atoms with Crippen molar-refractivity contribution in [1.29, 1.82) is 0 Å². The van der Waals surface area contributed by atoms with Crippen molar-refractivity contribution in [3.05, 3.63) is 41.5 Å². The van der Waals surface area contributed by atoms with Crippen LogP contribution >= 0.6 is 0 Å². The maximum absolute atomic E-state index is 12.3. The Morgan fingerprint density at radius 2 is 1.92 bits per heavy atom. The molecule has 0 bridgehead atoms. The lowest BCUT2D eigenvalue weighted by atomic mass is 10.1. The summed E-state index contributed by atoms with van der Waals surface area (Å²) >= 11 is 0. The number of rotatable bonds is 6. The molecule has 0 spiro atoms. The van der Waals surface area contributed by atoms with E-state index in [-0.39, 0.29) is 30.9 Å². The second-order valence-electron chi connectivity index (χ2n) is 7.02. The monoisotopic (exact) mass is 339 g/mol. The van der Waals surface area contributed by atoms with Gasteiger partial charge in [0.05, 0.1) is 13.1 Å². The highest BCUT2D eigenvalue weighted by atomic mass is 16.2. The van der Waals surface area contributed by atoms with Crippen LogP contribution in [0.5, 0.6) is 0 Å². The first-order chi connectivity index (χ1) is 12.1. The minimum Gasteiger partial charge on any atom is -0.329 e. The number of allylic oxidation sites excluding steroid dienone is 1. The number of anilines is 1. The van der Waals surface area contributed by atoms with E-state index in [0.717, 1.165) is 5.56 Å². The molecule has 3 aliphatic rings. The third-order valence-electron chi connectivity index (χ3n) is 4.87. The Morgan fingerprint density at radius 3 is 2.52 bits per heavy atom. The maximum Gasteiger partial charge on any atom is 0.324 e. The normalized spacial score (nSPS) is 19.6. The summed E-state index contributed by atoms with van der Waals surface area (Å²) in [6, 6.07) is 6.90. The fourth-order valence-corrected chi connectivity index (χ4v) is 3.28. The lowest BCUT2D eigenvalue weighted by Gasteiger charge is -2.13. The summed E-state index contributed by atoms with van der Waals surface area (Å²) in [7, 11) is 0. The lowest BCUT2D eigenvalue weighted by Crippen LogP contribution is -2.30. The first kappa shape index (κ1) is 15.9. The van der Waals surface area contributed by atoms with Crippen molar-refractivity contribution in [2.45, 2.75) is 32.2 Å². The van der Waals surface area contributed by atoms with Gasteiger partial charge in [0.15, 0.2) is 0 Å². The molecule has 6 heteroatoms. The van der Waals surface area contributed by atoms with Gasteiger partial charge in [0.25, 0.3) is 0 Å². The molecule has 0 radical (unpaired) electrons. The molecule has 4 amide bonds. The summed E-state index contributed by atoms with van der Waals surface area (Å²) in [4.78, 5) is 36.8. The number of urea groups is 1. The molecule has 1 heterocycles. The lowest BCUT2D eigenvalue weighted by molar-refractivity contribution is -0.125. The van der Waals surface area contributed by atoms with Gasteiger partial charge in [0.1, 0.15) is 0 Å². The summed E-state index contributed by atoms with van der Waals surface area (Å²) < 4.78 is 0. The highest BCUT2D eigenvalue weighted by Gasteiger charge is 2.36. The topological polar surface area (TPSA) is 78.5 Å². The van der Waals surface area contributed by atoms with Gasteiger partial charge in [-0.3, -0.25) is 14.5 Å². The number of nitrogens with one attached hydrogen (secondary N) is 2. The summed E-state index contributed by atoms with van der Waals surface area (Å²) in [6.07, 6.45) is 6.60. The van der Waals surface area contributed by atoms with Gasteiger partial charge in [-0.25, -0.2) is 4.79 Å². The van der Waals surface area contributed by atoms with Crippen LogP contribution in [-0.2, 0) is 16.1 Å². The molecule has 1 aliphatic heterocycles. The van der Waals surface area contributed by atoms with Crippen LogP contribution in [0.3, 0.4) is 0 Å². The number of nitrogens with zero attached hydrogens (tertiary/aromatic N) is 1. The third-order valence-corrected chi connectivity index (χ3v) is 4.87. The van der Waals surface area contributed by atoms with E-state index in [1.807, 2.05) is 18.2 Å². The Balaban J connectivity index is 1.42. The van der Waals surface area contributed by atoms with Crippen molar-refractivity contribution in [3.8, 4) is 0 Å². The quantitative estimate of drug-likeness (QED) is 0.617. The summed E-state index contributed by atoms with van der Waals surface area (Å²) in [6.45, 7) is 0.255. The molecular formula is C19H21N3O3. The zero-order valence-electron chi connectivity index (χ0n) is 14.0. The smallest absolute Gasteiger partial charge is 0.324 e. The van der Waals surface area contributed by atoms with Crippen LogP contribution in [0.15, 0.2) is 35.9 Å². The first-order valence-electron chi connectivity index (χ1n) is 8.80. The number of carbonyl (C=O) groups is 3. The van der Waals surface area contributed by atoms with Gasteiger partial charge >= 0.3 is 6.03 Å². The molecule has 130 valence electrons. The Hall–Kier alpha value is -2.63. The van der Waals surface area contributed by atoms with E-state index < -0.39 is 0 Å². The predicted octanol–water partition coefficient (Wildman–Crippen LogP) is 2.42. The molecule has 0 aromatic heterocycles. The molecule has 6 nitrogen and oxygen atoms in total. The Kier molecular flexibility index (Phi) is 4.03. The van der Waals surface area contributed by atoms with Crippen LogP contribution in [-0.4, -0.2) is 29.3 Å².